The number of halogens is 12. The number of nitrogen functional groups attached to an aromatic ring is 2. The first-order chi connectivity index (χ1) is 15.8. The third kappa shape index (κ3) is 10.7. The molecule has 4 N–H and O–H groups in total. The van der Waals surface area contributed by atoms with Crippen molar-refractivity contribution in [2.24, 2.45) is 0 Å². The zero-order valence-corrected chi connectivity index (χ0v) is 21.9. The van der Waals surface area contributed by atoms with Gasteiger partial charge < -0.3 is 11.5 Å². The van der Waals surface area contributed by atoms with Gasteiger partial charge in [0.2, 0.25) is 0 Å². The second kappa shape index (κ2) is 12.4. The van der Waals surface area contributed by atoms with Crippen LogP contribution in [0.5, 0.6) is 0 Å². The van der Waals surface area contributed by atoms with Gasteiger partial charge in [0.25, 0.3) is 0 Å². The largest absolute Gasteiger partial charge is 0.417 e. The van der Waals surface area contributed by atoms with Gasteiger partial charge in [-0.1, -0.05) is 0 Å². The van der Waals surface area contributed by atoms with Crippen LogP contribution < -0.4 is 11.5 Å². The smallest absolute Gasteiger partial charge is 0.384 e. The van der Waals surface area contributed by atoms with Crippen LogP contribution in [-0.4, -0.2) is 15.0 Å². The molecule has 0 amide bonds. The Labute approximate surface area is 221 Å². The van der Waals surface area contributed by atoms with Crippen LogP contribution in [-0.2, 0) is 18.5 Å². The lowest BCUT2D eigenvalue weighted by molar-refractivity contribution is -0.139. The van der Waals surface area contributed by atoms with Crippen LogP contribution >= 0.6 is 54.5 Å². The van der Waals surface area contributed by atoms with Crippen molar-refractivity contribution in [3.63, 3.8) is 0 Å². The van der Waals surface area contributed by atoms with Gasteiger partial charge in [-0.3, -0.25) is 0 Å². The average molecular weight is 755 g/mol. The lowest BCUT2D eigenvalue weighted by atomic mass is 10.2. The number of anilines is 2. The molecule has 0 aliphatic heterocycles. The molecule has 0 fully saturated rings. The standard InChI is InChI=1S/C6H2BrF3IN.C6H4BrF3N2.C6H5F3N2/c2*7-4-2-12-5(11)1-3(4)6(8,9)10;7-6(8,9)4-1-2-11-5(10)3-4/h1-2H;1-2H,(H2,11,12);1-3H,(H2,10,11). The fraction of sp³-hybridized carbons (Fsp3) is 0.167. The van der Waals surface area contributed by atoms with E-state index in [0.29, 0.717) is 3.70 Å². The van der Waals surface area contributed by atoms with Gasteiger partial charge in [0.05, 0.1) is 16.7 Å². The molecule has 0 unspecified atom stereocenters. The molecule has 17 heteroatoms. The van der Waals surface area contributed by atoms with E-state index < -0.39 is 35.2 Å². The van der Waals surface area contributed by atoms with Gasteiger partial charge in [0.15, 0.2) is 0 Å². The molecular formula is C18H11Br2F9IN5. The zero-order valence-electron chi connectivity index (χ0n) is 16.6. The van der Waals surface area contributed by atoms with Crippen molar-refractivity contribution in [1.82, 2.24) is 15.0 Å². The maximum absolute atomic E-state index is 12.2. The molecule has 0 radical (unpaired) electrons. The minimum atomic E-state index is -4.39. The molecule has 0 atom stereocenters. The number of nitrogens with two attached hydrogens (primary N) is 2. The van der Waals surface area contributed by atoms with E-state index in [1.54, 1.807) is 22.6 Å². The molecule has 0 bridgehead atoms. The van der Waals surface area contributed by atoms with Gasteiger partial charge in [-0.25, -0.2) is 15.0 Å². The van der Waals surface area contributed by atoms with Gasteiger partial charge in [-0.15, -0.1) is 0 Å². The van der Waals surface area contributed by atoms with Crippen LogP contribution in [0.2, 0.25) is 0 Å². The summed E-state index contributed by atoms with van der Waals surface area (Å²) in [6.07, 6.45) is -9.85. The molecule has 0 saturated carbocycles. The molecule has 35 heavy (non-hydrogen) atoms. The number of hydrogen-bond donors (Lipinski definition) is 2. The Hall–Kier alpha value is -1.89. The van der Waals surface area contributed by atoms with Crippen LogP contribution in [0, 0.1) is 3.70 Å². The van der Waals surface area contributed by atoms with Gasteiger partial charge in [0, 0.05) is 27.5 Å². The van der Waals surface area contributed by atoms with Crippen molar-refractivity contribution >= 4 is 66.1 Å². The molecule has 3 rings (SSSR count). The maximum atomic E-state index is 12.2. The Morgan fingerprint density at radius 2 is 1.11 bits per heavy atom. The quantitative estimate of drug-likeness (QED) is 0.140. The molecule has 0 aliphatic carbocycles. The molecular weight excluding hydrogens is 744 g/mol. The molecule has 0 aromatic carbocycles. The fourth-order valence-corrected chi connectivity index (χ4v) is 3.26. The second-order valence-corrected chi connectivity index (χ2v) is 8.85. The van der Waals surface area contributed by atoms with Crippen molar-refractivity contribution in [3.8, 4) is 0 Å². The number of rotatable bonds is 0. The predicted octanol–water partition coefficient (Wildman–Crippen LogP) is 7.60. The van der Waals surface area contributed by atoms with E-state index in [9.17, 15) is 39.5 Å². The Bertz CT molecular complexity index is 1080. The van der Waals surface area contributed by atoms with E-state index in [4.69, 9.17) is 11.5 Å². The Balaban J connectivity index is 0.000000263. The first-order valence-corrected chi connectivity index (χ1v) is 11.1. The molecule has 5 nitrogen and oxygen atoms in total. The monoisotopic (exact) mass is 753 g/mol. The van der Waals surface area contributed by atoms with Gasteiger partial charge in [-0.05, 0) is 78.7 Å². The van der Waals surface area contributed by atoms with Crippen molar-refractivity contribution in [2.75, 3.05) is 11.5 Å². The molecule has 3 aromatic heterocycles. The Kier molecular flexibility index (Phi) is 11.0. The highest BCUT2D eigenvalue weighted by Crippen LogP contribution is 2.35. The SMILES string of the molecule is FC(F)(F)c1cc(I)ncc1Br.Nc1cc(C(F)(F)F)c(Br)cn1.Nc1cc(C(F)(F)F)ccn1. The first kappa shape index (κ1) is 31.1. The highest BCUT2D eigenvalue weighted by molar-refractivity contribution is 14.1. The fourth-order valence-electron chi connectivity index (χ4n) is 1.93. The van der Waals surface area contributed by atoms with Gasteiger partial charge in [-0.2, -0.15) is 39.5 Å². The number of hydrogen-bond acceptors (Lipinski definition) is 5. The predicted molar refractivity (Wildman–Crippen MR) is 125 cm³/mol. The zero-order chi connectivity index (χ0) is 27.2. The van der Waals surface area contributed by atoms with E-state index in [1.807, 2.05) is 0 Å². The molecule has 3 aromatic rings. The van der Waals surface area contributed by atoms with Crippen LogP contribution in [0.3, 0.4) is 0 Å². The molecule has 0 saturated heterocycles. The van der Waals surface area contributed by atoms with Crippen molar-refractivity contribution in [1.29, 1.82) is 0 Å². The average Bonchev–Trinajstić information content (AvgIpc) is 2.70. The summed E-state index contributed by atoms with van der Waals surface area (Å²) in [5.74, 6) is -0.273. The number of nitrogens with zero attached hydrogens (tertiary/aromatic N) is 3. The minimum Gasteiger partial charge on any atom is -0.384 e. The lowest BCUT2D eigenvalue weighted by Crippen LogP contribution is -2.07. The lowest BCUT2D eigenvalue weighted by Gasteiger charge is -2.08. The molecule has 192 valence electrons. The molecule has 3 heterocycles. The van der Waals surface area contributed by atoms with Crippen LogP contribution in [0.15, 0.2) is 51.8 Å². The van der Waals surface area contributed by atoms with Crippen LogP contribution in [0.25, 0.3) is 0 Å². The van der Waals surface area contributed by atoms with Crippen molar-refractivity contribution < 1.29 is 39.5 Å². The normalized spacial score (nSPS) is 11.7. The van der Waals surface area contributed by atoms with Gasteiger partial charge in [0.1, 0.15) is 15.3 Å². The summed E-state index contributed by atoms with van der Waals surface area (Å²) in [5.41, 5.74) is 7.86. The summed E-state index contributed by atoms with van der Waals surface area (Å²) in [5, 5.41) is 0. The van der Waals surface area contributed by atoms with E-state index in [-0.39, 0.29) is 20.6 Å². The van der Waals surface area contributed by atoms with Crippen LogP contribution in [0.4, 0.5) is 51.1 Å². The highest BCUT2D eigenvalue weighted by atomic mass is 127. The summed E-state index contributed by atoms with van der Waals surface area (Å²) in [7, 11) is 0. The minimum absolute atomic E-state index is 0.0320. The summed E-state index contributed by atoms with van der Waals surface area (Å²) in [4.78, 5) is 10.6. The first-order valence-electron chi connectivity index (χ1n) is 8.47. The maximum Gasteiger partial charge on any atom is 0.417 e. The van der Waals surface area contributed by atoms with Crippen molar-refractivity contribution in [3.05, 3.63) is 72.2 Å². The van der Waals surface area contributed by atoms with E-state index in [2.05, 4.69) is 46.8 Å². The van der Waals surface area contributed by atoms with Crippen molar-refractivity contribution in [2.45, 2.75) is 18.5 Å². The molecule has 0 spiro atoms. The topological polar surface area (TPSA) is 90.7 Å². The summed E-state index contributed by atoms with van der Waals surface area (Å²) < 4.78 is 109. The summed E-state index contributed by atoms with van der Waals surface area (Å²) >= 11 is 7.24. The summed E-state index contributed by atoms with van der Waals surface area (Å²) in [6, 6.07) is 3.44. The molecule has 0 aliphatic rings. The Morgan fingerprint density at radius 1 is 0.657 bits per heavy atom. The van der Waals surface area contributed by atoms with Crippen LogP contribution in [0.1, 0.15) is 16.7 Å². The van der Waals surface area contributed by atoms with E-state index in [1.165, 1.54) is 0 Å². The number of aromatic nitrogens is 3. The third-order valence-electron chi connectivity index (χ3n) is 3.42. The Morgan fingerprint density at radius 3 is 1.49 bits per heavy atom. The number of pyridine rings is 3. The van der Waals surface area contributed by atoms with Gasteiger partial charge >= 0.3 is 18.5 Å². The van der Waals surface area contributed by atoms with E-state index in [0.717, 1.165) is 42.9 Å². The second-order valence-electron chi connectivity index (χ2n) is 6.04. The number of alkyl halides is 9. The van der Waals surface area contributed by atoms with E-state index >= 15 is 0 Å². The summed E-state index contributed by atoms with van der Waals surface area (Å²) in [6.45, 7) is 0. The highest BCUT2D eigenvalue weighted by Gasteiger charge is 2.34. The third-order valence-corrected chi connectivity index (χ3v) is 5.27.